The van der Waals surface area contributed by atoms with Crippen LogP contribution < -0.4 is 30.3 Å². The highest BCUT2D eigenvalue weighted by molar-refractivity contribution is 7.90. The second-order valence-corrected chi connectivity index (χ2v) is 33.2. The van der Waals surface area contributed by atoms with E-state index in [4.69, 9.17) is 16.3 Å². The van der Waals surface area contributed by atoms with E-state index in [-0.39, 0.29) is 72.0 Å². The number of sulfonamides is 1. The molecule has 23 nitrogen and oxygen atoms in total. The molecule has 4 amide bonds. The number of fused-ring (bicyclic) bond motifs is 1. The van der Waals surface area contributed by atoms with Gasteiger partial charge in [-0.15, -0.1) is 11.3 Å². The lowest BCUT2D eigenvalue weighted by Crippen LogP contribution is -2.57. The molecule has 5 aliphatic rings. The molecule has 1 aliphatic carbocycles. The minimum atomic E-state index is -4.64. The van der Waals surface area contributed by atoms with E-state index in [1.54, 1.807) is 41.8 Å². The minimum absolute atomic E-state index is 0.00276. The number of nitrogens with zero attached hydrogens (tertiary/aromatic N) is 8. The molecule has 6 N–H and O–H groups in total. The number of hydrogen-bond acceptors (Lipinski definition) is 18. The Bertz CT molecular complexity index is 4340. The number of benzene rings is 4. The van der Waals surface area contributed by atoms with Crippen LogP contribution in [0.3, 0.4) is 0 Å². The number of aromatic nitrogens is 3. The number of amides is 4. The van der Waals surface area contributed by atoms with E-state index in [1.807, 2.05) is 75.7 Å². The number of aryl methyl sites for hydroxylation is 1. The van der Waals surface area contributed by atoms with Crippen LogP contribution in [0.15, 0.2) is 125 Å². The van der Waals surface area contributed by atoms with Crippen LogP contribution in [-0.4, -0.2) is 179 Å². The molecule has 548 valence electrons. The number of H-pyrrole nitrogens is 1. The Kier molecular flexibility index (Phi) is 23.4. The SMILES string of the molecule is Cc1ncsc1-c1ccc(CNC(=O)[C@@H]2C[C@@H](O)CN2C(=O)[C@@H](NC(=O)CCCCN2CCC(N3CCC(CNc4ccc(S(=O)(=O)NC(=O)c5ccc(N6CCN(CC7=C(c8ccc(Cl)cc8)CC(C)(C)CC7)CC6)cc5Oc5cnc6[nH]ccc6c5)cc4[N+](=O)[O-])CC3)CC2)C(C)(C)C)cc1. The molecule has 7 heterocycles. The van der Waals surface area contributed by atoms with Crippen molar-refractivity contribution in [1.82, 2.24) is 49.9 Å². The number of hydrogen-bond donors (Lipinski definition) is 6. The Balaban J connectivity index is 0.584. The second kappa shape index (κ2) is 32.4. The lowest BCUT2D eigenvalue weighted by molar-refractivity contribution is -0.384. The van der Waals surface area contributed by atoms with E-state index in [0.717, 1.165) is 148 Å². The topological polar surface area (TPSA) is 281 Å². The number of rotatable bonds is 25. The van der Waals surface area contributed by atoms with Crippen LogP contribution >= 0.6 is 22.9 Å². The number of β-amino-alcohol motifs (C(OH)–C–C–N with tert-alkyl or cyclic N) is 1. The van der Waals surface area contributed by atoms with Crippen LogP contribution in [0, 0.1) is 33.8 Å². The summed E-state index contributed by atoms with van der Waals surface area (Å²) in [6, 6.07) is 27.1. The van der Waals surface area contributed by atoms with Gasteiger partial charge in [0.1, 0.15) is 34.9 Å². The van der Waals surface area contributed by atoms with Crippen molar-refractivity contribution in [3.63, 3.8) is 0 Å². The van der Waals surface area contributed by atoms with Gasteiger partial charge in [0.25, 0.3) is 21.6 Å². The highest BCUT2D eigenvalue weighted by Gasteiger charge is 2.45. The summed E-state index contributed by atoms with van der Waals surface area (Å²) in [5.74, 6) is -1.27. The highest BCUT2D eigenvalue weighted by atomic mass is 35.5. The molecule has 26 heteroatoms. The van der Waals surface area contributed by atoms with Crippen molar-refractivity contribution in [3.05, 3.63) is 158 Å². The maximum absolute atomic E-state index is 14.3. The highest BCUT2D eigenvalue weighted by Crippen LogP contribution is 2.44. The van der Waals surface area contributed by atoms with Crippen LogP contribution in [0.5, 0.6) is 11.5 Å². The predicted molar refractivity (Wildman–Crippen MR) is 403 cm³/mol. The van der Waals surface area contributed by atoms with E-state index < -0.39 is 55.0 Å². The van der Waals surface area contributed by atoms with E-state index in [1.165, 1.54) is 39.9 Å². The quantitative estimate of drug-likeness (QED) is 0.0176. The Morgan fingerprint density at radius 1 is 0.874 bits per heavy atom. The Hall–Kier alpha value is -8.30. The predicted octanol–water partition coefficient (Wildman–Crippen LogP) is 11.8. The molecule has 0 bridgehead atoms. The molecule has 3 atom stereocenters. The minimum Gasteiger partial charge on any atom is -0.455 e. The molecule has 103 heavy (non-hydrogen) atoms. The van der Waals surface area contributed by atoms with Crippen molar-refractivity contribution in [2.24, 2.45) is 16.7 Å². The van der Waals surface area contributed by atoms with E-state index in [2.05, 4.69) is 81.2 Å². The number of aliphatic hydroxyl groups excluding tert-OH is 1. The van der Waals surface area contributed by atoms with Crippen molar-refractivity contribution in [2.75, 3.05) is 88.8 Å². The number of ether oxygens (including phenoxy) is 1. The number of pyridine rings is 1. The lowest BCUT2D eigenvalue weighted by Gasteiger charge is -2.42. The molecule has 3 aromatic heterocycles. The number of nitro groups is 1. The standard InChI is InChI=1S/C77H96ClN13O10S2/c1-50-70(102-49-83-50)54-12-10-51(11-13-54)45-82-74(95)67-41-60(92)48-90(67)75(96)71(76(2,3)4)84-69(93)9-7-8-30-86-31-26-58(27-32-86)88-33-24-52(25-34-88)44-80-65-21-19-62(42-66(65)91(97)98)103(99,100)85-73(94)63-20-18-59(40-68(63)101-61-39-55-23-29-79-72(55)81-46-61)89-37-35-87(36-38-89)47-56-22-28-77(5,6)43-64(56)53-14-16-57(78)17-15-53/h10-21,23,29,39-40,42,46,49,52,58,60,67,71,80,92H,7-9,22,24-28,30-38,41,43-45,47-48H2,1-6H3,(H,79,81)(H,82,95)(H,84,93)(H,85,94)/t60-,67+,71-/m1/s1. The zero-order chi connectivity index (χ0) is 72.7. The zero-order valence-electron chi connectivity index (χ0n) is 59.7. The third kappa shape index (κ3) is 18.6. The van der Waals surface area contributed by atoms with Crippen molar-refractivity contribution >= 4 is 90.3 Å². The summed E-state index contributed by atoms with van der Waals surface area (Å²) in [4.78, 5) is 91.2. The number of aliphatic hydroxyl groups is 1. The maximum atomic E-state index is 14.3. The second-order valence-electron chi connectivity index (χ2n) is 30.3. The molecule has 4 aromatic carbocycles. The molecule has 7 aromatic rings. The number of piperazine rings is 1. The first-order valence-electron chi connectivity index (χ1n) is 36.1. The van der Waals surface area contributed by atoms with Crippen LogP contribution in [0.25, 0.3) is 27.0 Å². The van der Waals surface area contributed by atoms with Crippen molar-refractivity contribution < 1.29 is 42.4 Å². The lowest BCUT2D eigenvalue weighted by atomic mass is 9.72. The number of allylic oxidation sites excluding steroid dienone is 1. The van der Waals surface area contributed by atoms with Gasteiger partial charge in [-0.25, -0.2) is 23.1 Å². The van der Waals surface area contributed by atoms with Crippen LogP contribution in [-0.2, 0) is 31.0 Å². The molecule has 0 spiro atoms. The molecule has 12 rings (SSSR count). The summed E-state index contributed by atoms with van der Waals surface area (Å²) in [7, 11) is -4.64. The first-order valence-corrected chi connectivity index (χ1v) is 38.8. The number of nitro benzene ring substituents is 1. The molecule has 4 fully saturated rings. The fourth-order valence-electron chi connectivity index (χ4n) is 15.1. The number of anilines is 2. The molecule has 0 unspecified atom stereocenters. The number of thiazole rings is 1. The number of likely N-dealkylation sites (tertiary alicyclic amines) is 3. The number of aromatic amines is 1. The Morgan fingerprint density at radius 2 is 1.61 bits per heavy atom. The van der Waals surface area contributed by atoms with E-state index >= 15 is 0 Å². The van der Waals surface area contributed by atoms with Crippen molar-refractivity contribution in [3.8, 4) is 21.9 Å². The average Bonchev–Trinajstić information content (AvgIpc) is 1.78. The van der Waals surface area contributed by atoms with Gasteiger partial charge in [-0.2, -0.15) is 0 Å². The third-order valence-corrected chi connectivity index (χ3v) is 23.7. The largest absolute Gasteiger partial charge is 0.455 e. The maximum Gasteiger partial charge on any atom is 0.293 e. The first-order chi connectivity index (χ1) is 49.3. The smallest absolute Gasteiger partial charge is 0.293 e. The summed E-state index contributed by atoms with van der Waals surface area (Å²) >= 11 is 7.86. The summed E-state index contributed by atoms with van der Waals surface area (Å²) in [5.41, 5.74) is 9.47. The zero-order valence-corrected chi connectivity index (χ0v) is 62.1. The number of nitrogens with one attached hydrogen (secondary N) is 5. The van der Waals surface area contributed by atoms with E-state index in [0.29, 0.717) is 43.5 Å². The van der Waals surface area contributed by atoms with Gasteiger partial charge in [-0.05, 0) is 185 Å². The number of carbonyl (C=O) groups excluding carboxylic acids is 4. The Labute approximate surface area is 612 Å². The van der Waals surface area contributed by atoms with Crippen LogP contribution in [0.1, 0.15) is 132 Å². The fourth-order valence-corrected chi connectivity index (χ4v) is 17.0. The summed E-state index contributed by atoms with van der Waals surface area (Å²) in [5, 5.41) is 34.0. The molecular weight excluding hydrogens is 1370 g/mol. The molecule has 4 saturated heterocycles. The van der Waals surface area contributed by atoms with Gasteiger partial charge in [0.15, 0.2) is 0 Å². The number of carbonyl (C=O) groups is 4. The number of unbranched alkanes of at least 4 members (excludes halogenated alkanes) is 1. The summed E-state index contributed by atoms with van der Waals surface area (Å²) in [6.07, 6.45) is 11.2. The number of halogens is 1. The average molecular weight is 1460 g/mol. The van der Waals surface area contributed by atoms with Gasteiger partial charge in [0.05, 0.1) is 43.8 Å². The summed E-state index contributed by atoms with van der Waals surface area (Å²) in [6.45, 7) is 21.4. The monoisotopic (exact) mass is 1460 g/mol. The number of piperidine rings is 2. The summed E-state index contributed by atoms with van der Waals surface area (Å²) < 4.78 is 36.7. The Morgan fingerprint density at radius 3 is 2.32 bits per heavy atom. The molecular formula is C77H96ClN13O10S2. The van der Waals surface area contributed by atoms with Gasteiger partial charge in [-0.1, -0.05) is 88.2 Å². The van der Waals surface area contributed by atoms with Gasteiger partial charge in [0.2, 0.25) is 17.7 Å². The van der Waals surface area contributed by atoms with Crippen LogP contribution in [0.2, 0.25) is 5.02 Å². The first kappa shape index (κ1) is 74.4. The molecule has 0 radical (unpaired) electrons. The van der Waals surface area contributed by atoms with Gasteiger partial charge < -0.3 is 50.4 Å². The van der Waals surface area contributed by atoms with Gasteiger partial charge in [-0.3, -0.25) is 34.2 Å². The molecule has 4 aliphatic heterocycles. The van der Waals surface area contributed by atoms with Crippen molar-refractivity contribution in [1.29, 1.82) is 0 Å². The third-order valence-electron chi connectivity index (χ3n) is 21.2. The van der Waals surface area contributed by atoms with E-state index in [9.17, 15) is 42.8 Å². The van der Waals surface area contributed by atoms with Gasteiger partial charge in [0, 0.05) is 106 Å². The molecule has 0 saturated carbocycles. The fraction of sp³-hybridized carbons (Fsp3) is 0.481. The van der Waals surface area contributed by atoms with Crippen molar-refractivity contribution in [2.45, 2.75) is 148 Å². The van der Waals surface area contributed by atoms with Crippen LogP contribution in [0.4, 0.5) is 17.1 Å². The van der Waals surface area contributed by atoms with Gasteiger partial charge >= 0.3 is 0 Å². The normalized spacial score (nSPS) is 19.3.